The molecule has 0 aliphatic rings. The Balaban J connectivity index is 2.87. The van der Waals surface area contributed by atoms with Gasteiger partial charge in [0.25, 0.3) is 0 Å². The smallest absolute Gasteiger partial charge is 0.216 e. The molecule has 0 N–H and O–H groups in total. The van der Waals surface area contributed by atoms with Gasteiger partial charge in [-0.15, -0.1) is 0 Å². The molecule has 0 spiro atoms. The monoisotopic (exact) mass is 138 g/mol. The maximum absolute atomic E-state index is 4.91. The Morgan fingerprint density at radius 1 is 1.50 bits per heavy atom. The van der Waals surface area contributed by atoms with Crippen LogP contribution in [0.4, 0.5) is 0 Å². The van der Waals surface area contributed by atoms with Crippen LogP contribution in [-0.2, 0) is 6.42 Å². The molecular weight excluding hydrogens is 128 g/mol. The summed E-state index contributed by atoms with van der Waals surface area (Å²) in [5.41, 5.74) is 1.01. The second kappa shape index (κ2) is 3.15. The van der Waals surface area contributed by atoms with Crippen LogP contribution in [0.1, 0.15) is 12.6 Å². The van der Waals surface area contributed by atoms with Gasteiger partial charge >= 0.3 is 0 Å². The van der Waals surface area contributed by atoms with E-state index in [0.29, 0.717) is 5.88 Å². The molecule has 0 saturated heterocycles. The van der Waals surface area contributed by atoms with Crippen molar-refractivity contribution >= 4 is 0 Å². The highest BCUT2D eigenvalue weighted by Gasteiger charge is 1.93. The fraction of sp³-hybridized carbons (Fsp3) is 0.429. The maximum atomic E-state index is 4.91. The summed E-state index contributed by atoms with van der Waals surface area (Å²) in [6.07, 6.45) is 2.43. The van der Waals surface area contributed by atoms with Gasteiger partial charge in [0, 0.05) is 11.8 Å². The van der Waals surface area contributed by atoms with E-state index < -0.39 is 0 Å². The predicted molar refractivity (Wildman–Crippen MR) is 38.0 cm³/mol. The highest BCUT2D eigenvalue weighted by molar-refractivity contribution is 5.12. The lowest BCUT2D eigenvalue weighted by atomic mass is 10.3. The number of rotatable bonds is 2. The molecule has 0 aliphatic carbocycles. The molecule has 0 radical (unpaired) electrons. The molecule has 1 heterocycles. The molecule has 54 valence electrons. The summed E-state index contributed by atoms with van der Waals surface area (Å²) in [5, 5.41) is 0. The van der Waals surface area contributed by atoms with E-state index >= 15 is 0 Å². The molecule has 1 aromatic rings. The van der Waals surface area contributed by atoms with Crippen LogP contribution in [0.3, 0.4) is 0 Å². The Morgan fingerprint density at radius 3 is 2.90 bits per heavy atom. The van der Waals surface area contributed by atoms with Crippen LogP contribution < -0.4 is 4.74 Å². The van der Waals surface area contributed by atoms with E-state index in [1.54, 1.807) is 7.11 Å². The van der Waals surface area contributed by atoms with E-state index in [1.165, 1.54) is 6.33 Å². The zero-order valence-corrected chi connectivity index (χ0v) is 6.16. The van der Waals surface area contributed by atoms with Crippen molar-refractivity contribution in [2.24, 2.45) is 0 Å². The number of nitrogens with zero attached hydrogens (tertiary/aromatic N) is 2. The molecule has 0 saturated carbocycles. The summed E-state index contributed by atoms with van der Waals surface area (Å²) in [6, 6.07) is 1.83. The van der Waals surface area contributed by atoms with Gasteiger partial charge in [0.15, 0.2) is 0 Å². The largest absolute Gasteiger partial charge is 0.481 e. The van der Waals surface area contributed by atoms with Crippen molar-refractivity contribution in [1.82, 2.24) is 9.97 Å². The van der Waals surface area contributed by atoms with E-state index in [-0.39, 0.29) is 0 Å². The molecular formula is C7H10N2O. The normalized spacial score (nSPS) is 9.40. The molecule has 10 heavy (non-hydrogen) atoms. The summed E-state index contributed by atoms with van der Waals surface area (Å²) in [4.78, 5) is 7.89. The molecule has 0 unspecified atom stereocenters. The van der Waals surface area contributed by atoms with Crippen molar-refractivity contribution in [2.45, 2.75) is 13.3 Å². The minimum Gasteiger partial charge on any atom is -0.481 e. The quantitative estimate of drug-likeness (QED) is 0.612. The molecule has 3 heteroatoms. The van der Waals surface area contributed by atoms with Crippen molar-refractivity contribution in [2.75, 3.05) is 7.11 Å². The van der Waals surface area contributed by atoms with Crippen LogP contribution >= 0.6 is 0 Å². The van der Waals surface area contributed by atoms with Crippen LogP contribution in [0.2, 0.25) is 0 Å². The van der Waals surface area contributed by atoms with Crippen molar-refractivity contribution in [1.29, 1.82) is 0 Å². The van der Waals surface area contributed by atoms with E-state index in [0.717, 1.165) is 12.1 Å². The summed E-state index contributed by atoms with van der Waals surface area (Å²) in [6.45, 7) is 2.04. The number of hydrogen-bond acceptors (Lipinski definition) is 3. The predicted octanol–water partition coefficient (Wildman–Crippen LogP) is 1.05. The molecule has 0 aliphatic heterocycles. The second-order valence-corrected chi connectivity index (χ2v) is 1.91. The SMILES string of the molecule is CCc1cc(OC)ncn1. The van der Waals surface area contributed by atoms with Crippen LogP contribution in [0.25, 0.3) is 0 Å². The fourth-order valence-electron chi connectivity index (χ4n) is 0.682. The molecule has 0 atom stereocenters. The van der Waals surface area contributed by atoms with Crippen molar-refractivity contribution in [3.8, 4) is 5.88 Å². The average Bonchev–Trinajstić information content (AvgIpc) is 2.05. The second-order valence-electron chi connectivity index (χ2n) is 1.91. The zero-order chi connectivity index (χ0) is 7.40. The standard InChI is InChI=1S/C7H10N2O/c1-3-6-4-7(10-2)9-5-8-6/h4-5H,3H2,1-2H3. The van der Waals surface area contributed by atoms with Gasteiger partial charge in [-0.3, -0.25) is 0 Å². The lowest BCUT2D eigenvalue weighted by Gasteiger charge is -1.98. The molecule has 0 aromatic carbocycles. The molecule has 0 bridgehead atoms. The highest BCUT2D eigenvalue weighted by Crippen LogP contribution is 2.05. The third-order valence-corrected chi connectivity index (χ3v) is 1.27. The van der Waals surface area contributed by atoms with Gasteiger partial charge in [0.05, 0.1) is 7.11 Å². The van der Waals surface area contributed by atoms with Crippen molar-refractivity contribution in [3.63, 3.8) is 0 Å². The molecule has 1 rings (SSSR count). The fourth-order valence-corrected chi connectivity index (χ4v) is 0.682. The first-order chi connectivity index (χ1) is 4.86. The van der Waals surface area contributed by atoms with E-state index in [9.17, 15) is 0 Å². The van der Waals surface area contributed by atoms with Crippen molar-refractivity contribution in [3.05, 3.63) is 18.1 Å². The summed E-state index contributed by atoms with van der Waals surface area (Å²) < 4.78 is 4.91. The van der Waals surface area contributed by atoms with Crippen LogP contribution in [-0.4, -0.2) is 17.1 Å². The number of ether oxygens (including phenoxy) is 1. The maximum Gasteiger partial charge on any atom is 0.216 e. The van der Waals surface area contributed by atoms with Gasteiger partial charge < -0.3 is 4.74 Å². The number of aromatic nitrogens is 2. The number of methoxy groups -OCH3 is 1. The Kier molecular flexibility index (Phi) is 2.20. The van der Waals surface area contributed by atoms with Gasteiger partial charge in [-0.05, 0) is 6.42 Å². The summed E-state index contributed by atoms with van der Waals surface area (Å²) in [5.74, 6) is 0.631. The zero-order valence-electron chi connectivity index (χ0n) is 6.16. The highest BCUT2D eigenvalue weighted by atomic mass is 16.5. The number of hydrogen-bond donors (Lipinski definition) is 0. The van der Waals surface area contributed by atoms with Gasteiger partial charge in [-0.25, -0.2) is 9.97 Å². The van der Waals surface area contributed by atoms with Gasteiger partial charge in [-0.2, -0.15) is 0 Å². The Labute approximate surface area is 60.1 Å². The Morgan fingerprint density at radius 2 is 2.30 bits per heavy atom. The van der Waals surface area contributed by atoms with Crippen LogP contribution in [0, 0.1) is 0 Å². The van der Waals surface area contributed by atoms with Gasteiger partial charge in [0.1, 0.15) is 6.33 Å². The van der Waals surface area contributed by atoms with Crippen molar-refractivity contribution < 1.29 is 4.74 Å². The summed E-state index contributed by atoms with van der Waals surface area (Å²) >= 11 is 0. The Hall–Kier alpha value is -1.12. The van der Waals surface area contributed by atoms with Crippen LogP contribution in [0.15, 0.2) is 12.4 Å². The first kappa shape index (κ1) is 6.99. The van der Waals surface area contributed by atoms with E-state index in [2.05, 4.69) is 9.97 Å². The third-order valence-electron chi connectivity index (χ3n) is 1.27. The third kappa shape index (κ3) is 1.43. The van der Waals surface area contributed by atoms with Gasteiger partial charge in [0.2, 0.25) is 5.88 Å². The summed E-state index contributed by atoms with van der Waals surface area (Å²) in [7, 11) is 1.60. The molecule has 3 nitrogen and oxygen atoms in total. The van der Waals surface area contributed by atoms with E-state index in [4.69, 9.17) is 4.74 Å². The first-order valence-electron chi connectivity index (χ1n) is 3.21. The average molecular weight is 138 g/mol. The molecule has 0 amide bonds. The lowest BCUT2D eigenvalue weighted by molar-refractivity contribution is 0.396. The minimum atomic E-state index is 0.631. The topological polar surface area (TPSA) is 35.0 Å². The number of aryl methyl sites for hydroxylation is 1. The molecule has 0 fully saturated rings. The first-order valence-corrected chi connectivity index (χ1v) is 3.21. The van der Waals surface area contributed by atoms with Crippen LogP contribution in [0.5, 0.6) is 5.88 Å². The van der Waals surface area contributed by atoms with E-state index in [1.807, 2.05) is 13.0 Å². The molecule has 1 aromatic heterocycles. The van der Waals surface area contributed by atoms with Gasteiger partial charge in [-0.1, -0.05) is 6.92 Å². The Bertz CT molecular complexity index is 193. The lowest BCUT2D eigenvalue weighted by Crippen LogP contribution is -1.91. The minimum absolute atomic E-state index is 0.631.